The van der Waals surface area contributed by atoms with E-state index in [0.29, 0.717) is 0 Å². The summed E-state index contributed by atoms with van der Waals surface area (Å²) in [6.07, 6.45) is 1.03. The molecule has 1 atom stereocenters. The van der Waals surface area contributed by atoms with Crippen LogP contribution in [0.5, 0.6) is 0 Å². The van der Waals surface area contributed by atoms with Gasteiger partial charge in [0.2, 0.25) is 5.91 Å². The van der Waals surface area contributed by atoms with E-state index < -0.39 is 0 Å². The van der Waals surface area contributed by atoms with Crippen molar-refractivity contribution in [2.45, 2.75) is 33.2 Å². The van der Waals surface area contributed by atoms with E-state index in [-0.39, 0.29) is 11.9 Å². The molecule has 22 heavy (non-hydrogen) atoms. The molecule has 0 radical (unpaired) electrons. The zero-order valence-corrected chi connectivity index (χ0v) is 14.1. The van der Waals surface area contributed by atoms with E-state index >= 15 is 0 Å². The lowest BCUT2D eigenvalue weighted by atomic mass is 10.0. The standard InChI is InChI=1S/C18H29N3O/c1-4-15-7-9-16(10-8-15)17(18(22)20(5-2)6-3)21-13-11-19-12-14-21/h7-10,17,19H,4-6,11-14H2,1-3H3. The van der Waals surface area contributed by atoms with E-state index in [1.807, 2.05) is 4.90 Å². The predicted molar refractivity (Wildman–Crippen MR) is 90.9 cm³/mol. The number of amides is 1. The Morgan fingerprint density at radius 2 is 1.73 bits per heavy atom. The lowest BCUT2D eigenvalue weighted by Crippen LogP contribution is -2.50. The summed E-state index contributed by atoms with van der Waals surface area (Å²) < 4.78 is 0. The molecule has 0 aromatic heterocycles. The van der Waals surface area contributed by atoms with Gasteiger partial charge in [0.1, 0.15) is 6.04 Å². The van der Waals surface area contributed by atoms with Crippen LogP contribution in [-0.4, -0.2) is 55.0 Å². The number of piperazine rings is 1. The fraction of sp³-hybridized carbons (Fsp3) is 0.611. The van der Waals surface area contributed by atoms with Gasteiger partial charge in [-0.1, -0.05) is 31.2 Å². The molecular weight excluding hydrogens is 274 g/mol. The van der Waals surface area contributed by atoms with Gasteiger partial charge in [-0.2, -0.15) is 0 Å². The Bertz CT molecular complexity index is 462. The van der Waals surface area contributed by atoms with E-state index in [0.717, 1.165) is 51.3 Å². The molecule has 1 aliphatic heterocycles. The van der Waals surface area contributed by atoms with Crippen LogP contribution in [-0.2, 0) is 11.2 Å². The predicted octanol–water partition coefficient (Wildman–Crippen LogP) is 2.06. The number of likely N-dealkylation sites (N-methyl/N-ethyl adjacent to an activating group) is 1. The molecule has 0 saturated carbocycles. The maximum atomic E-state index is 13.0. The van der Waals surface area contributed by atoms with Crippen molar-refractivity contribution < 1.29 is 4.79 Å². The van der Waals surface area contributed by atoms with Gasteiger partial charge in [0.15, 0.2) is 0 Å². The van der Waals surface area contributed by atoms with E-state index in [2.05, 4.69) is 55.3 Å². The zero-order valence-electron chi connectivity index (χ0n) is 14.1. The molecule has 1 aromatic carbocycles. The minimum atomic E-state index is -0.145. The molecule has 1 heterocycles. The van der Waals surface area contributed by atoms with Gasteiger partial charge in [-0.3, -0.25) is 9.69 Å². The summed E-state index contributed by atoms with van der Waals surface area (Å²) in [4.78, 5) is 17.3. The van der Waals surface area contributed by atoms with Gasteiger partial charge in [-0.15, -0.1) is 0 Å². The maximum absolute atomic E-state index is 13.0. The van der Waals surface area contributed by atoms with E-state index in [1.54, 1.807) is 0 Å². The second kappa shape index (κ2) is 8.30. The van der Waals surface area contributed by atoms with Crippen LogP contribution >= 0.6 is 0 Å². The maximum Gasteiger partial charge on any atom is 0.244 e. The summed E-state index contributed by atoms with van der Waals surface area (Å²) in [5.41, 5.74) is 2.44. The van der Waals surface area contributed by atoms with Crippen molar-refractivity contribution in [2.75, 3.05) is 39.3 Å². The second-order valence-corrected chi connectivity index (χ2v) is 5.79. The van der Waals surface area contributed by atoms with Gasteiger partial charge in [-0.25, -0.2) is 0 Å². The van der Waals surface area contributed by atoms with Gasteiger partial charge < -0.3 is 10.2 Å². The summed E-state index contributed by atoms with van der Waals surface area (Å²) >= 11 is 0. The first kappa shape index (κ1) is 17.0. The van der Waals surface area contributed by atoms with Gasteiger partial charge >= 0.3 is 0 Å². The molecule has 2 rings (SSSR count). The highest BCUT2D eigenvalue weighted by molar-refractivity contribution is 5.83. The zero-order chi connectivity index (χ0) is 15.9. The summed E-state index contributed by atoms with van der Waals surface area (Å²) in [6, 6.07) is 8.42. The van der Waals surface area contributed by atoms with Crippen molar-refractivity contribution in [3.8, 4) is 0 Å². The quantitative estimate of drug-likeness (QED) is 0.874. The molecule has 1 aromatic rings. The van der Waals surface area contributed by atoms with Crippen LogP contribution in [0.4, 0.5) is 0 Å². The molecule has 0 aliphatic carbocycles. The van der Waals surface area contributed by atoms with Crippen LogP contribution < -0.4 is 5.32 Å². The molecule has 1 N–H and O–H groups in total. The molecule has 122 valence electrons. The van der Waals surface area contributed by atoms with Gasteiger partial charge in [-0.05, 0) is 31.4 Å². The topological polar surface area (TPSA) is 35.6 Å². The number of nitrogens with one attached hydrogen (secondary N) is 1. The van der Waals surface area contributed by atoms with Crippen LogP contribution in [0.1, 0.15) is 37.9 Å². The molecule has 4 heteroatoms. The van der Waals surface area contributed by atoms with Crippen LogP contribution in [0.25, 0.3) is 0 Å². The molecular formula is C18H29N3O. The first-order valence-corrected chi connectivity index (χ1v) is 8.53. The van der Waals surface area contributed by atoms with Gasteiger partial charge in [0.05, 0.1) is 0 Å². The van der Waals surface area contributed by atoms with Crippen LogP contribution in [0.2, 0.25) is 0 Å². The molecule has 1 saturated heterocycles. The smallest absolute Gasteiger partial charge is 0.244 e. The van der Waals surface area contributed by atoms with Crippen LogP contribution in [0, 0.1) is 0 Å². The number of carbonyl (C=O) groups excluding carboxylic acids is 1. The third-order valence-corrected chi connectivity index (χ3v) is 4.53. The Hall–Kier alpha value is -1.39. The number of carbonyl (C=O) groups is 1. The third kappa shape index (κ3) is 3.87. The summed E-state index contributed by atoms with van der Waals surface area (Å²) in [5, 5.41) is 3.37. The highest BCUT2D eigenvalue weighted by Crippen LogP contribution is 2.24. The molecule has 1 fully saturated rings. The highest BCUT2D eigenvalue weighted by Gasteiger charge is 2.31. The number of hydrogen-bond acceptors (Lipinski definition) is 3. The minimum absolute atomic E-state index is 0.145. The Morgan fingerprint density at radius 1 is 1.14 bits per heavy atom. The Morgan fingerprint density at radius 3 is 2.23 bits per heavy atom. The van der Waals surface area contributed by atoms with E-state index in [1.165, 1.54) is 5.56 Å². The largest absolute Gasteiger partial charge is 0.342 e. The SMILES string of the molecule is CCc1ccc(C(C(=O)N(CC)CC)N2CCNCC2)cc1. The van der Waals surface area contributed by atoms with Crippen molar-refractivity contribution in [3.63, 3.8) is 0 Å². The lowest BCUT2D eigenvalue weighted by molar-refractivity contribution is -0.137. The molecule has 1 amide bonds. The van der Waals surface area contributed by atoms with Crippen molar-refractivity contribution >= 4 is 5.91 Å². The number of aryl methyl sites for hydroxylation is 1. The Balaban J connectivity index is 2.28. The van der Waals surface area contributed by atoms with Crippen LogP contribution in [0.3, 0.4) is 0 Å². The average molecular weight is 303 g/mol. The Kier molecular flexibility index (Phi) is 6.40. The molecule has 0 bridgehead atoms. The third-order valence-electron chi connectivity index (χ3n) is 4.53. The molecule has 1 aliphatic rings. The monoisotopic (exact) mass is 303 g/mol. The number of rotatable bonds is 6. The number of benzene rings is 1. The molecule has 0 spiro atoms. The second-order valence-electron chi connectivity index (χ2n) is 5.79. The first-order valence-electron chi connectivity index (χ1n) is 8.53. The van der Waals surface area contributed by atoms with Crippen molar-refractivity contribution in [3.05, 3.63) is 35.4 Å². The summed E-state index contributed by atoms with van der Waals surface area (Å²) in [6.45, 7) is 11.6. The number of nitrogens with zero attached hydrogens (tertiary/aromatic N) is 2. The van der Waals surface area contributed by atoms with Crippen LogP contribution in [0.15, 0.2) is 24.3 Å². The van der Waals surface area contributed by atoms with Crippen molar-refractivity contribution in [1.29, 1.82) is 0 Å². The first-order chi connectivity index (χ1) is 10.7. The minimum Gasteiger partial charge on any atom is -0.342 e. The average Bonchev–Trinajstić information content (AvgIpc) is 2.58. The van der Waals surface area contributed by atoms with E-state index in [4.69, 9.17) is 0 Å². The molecule has 4 nitrogen and oxygen atoms in total. The van der Waals surface area contributed by atoms with Gasteiger partial charge in [0.25, 0.3) is 0 Å². The van der Waals surface area contributed by atoms with Gasteiger partial charge in [0, 0.05) is 39.3 Å². The van der Waals surface area contributed by atoms with Crippen molar-refractivity contribution in [1.82, 2.24) is 15.1 Å². The summed E-state index contributed by atoms with van der Waals surface area (Å²) in [7, 11) is 0. The van der Waals surface area contributed by atoms with E-state index in [9.17, 15) is 4.79 Å². The normalized spacial score (nSPS) is 17.2. The summed E-state index contributed by atoms with van der Waals surface area (Å²) in [5.74, 6) is 0.233. The molecule has 1 unspecified atom stereocenters. The highest BCUT2D eigenvalue weighted by atomic mass is 16.2. The Labute approximate surface area is 134 Å². The lowest BCUT2D eigenvalue weighted by Gasteiger charge is -2.36. The van der Waals surface area contributed by atoms with Crippen molar-refractivity contribution in [2.24, 2.45) is 0 Å². The number of hydrogen-bond donors (Lipinski definition) is 1. The fourth-order valence-electron chi connectivity index (χ4n) is 3.09. The fourth-order valence-corrected chi connectivity index (χ4v) is 3.09.